The molecule has 2 aromatic heterocycles. The average Bonchev–Trinajstić information content (AvgIpc) is 2.93. The van der Waals surface area contributed by atoms with Crippen LogP contribution < -0.4 is 4.90 Å². The van der Waals surface area contributed by atoms with E-state index in [1.807, 2.05) is 6.92 Å². The Bertz CT molecular complexity index is 773. The van der Waals surface area contributed by atoms with E-state index in [-0.39, 0.29) is 5.56 Å². The second kappa shape index (κ2) is 5.08. The number of nitrogens with zero attached hydrogens (tertiary/aromatic N) is 4. The Kier molecular flexibility index (Phi) is 3.14. The van der Waals surface area contributed by atoms with Crippen LogP contribution in [0.15, 0.2) is 18.3 Å². The van der Waals surface area contributed by atoms with Crippen molar-refractivity contribution in [2.45, 2.75) is 26.8 Å². The summed E-state index contributed by atoms with van der Waals surface area (Å²) in [5.41, 5.74) is 2.84. The molecule has 3 heterocycles. The van der Waals surface area contributed by atoms with Gasteiger partial charge in [0.05, 0.1) is 12.2 Å². The second-order valence-electron chi connectivity index (χ2n) is 6.71. The minimum absolute atomic E-state index is 0.253. The van der Waals surface area contributed by atoms with Crippen LogP contribution in [-0.2, 0) is 6.54 Å². The van der Waals surface area contributed by atoms with Crippen molar-refractivity contribution >= 4 is 11.8 Å². The third-order valence-corrected chi connectivity index (χ3v) is 4.99. The molecule has 6 nitrogen and oxygen atoms in total. The summed E-state index contributed by atoms with van der Waals surface area (Å²) in [5, 5.41) is 13.4. The SMILES string of the molecule is Cc1nc(N2CC3CC3C2)ccc1Cn1cc(C(=O)O)c(C)n1. The first-order chi connectivity index (χ1) is 11.0. The Morgan fingerprint density at radius 1 is 1.26 bits per heavy atom. The van der Waals surface area contributed by atoms with Crippen LogP contribution in [0.25, 0.3) is 0 Å². The molecular formula is C17H20N4O2. The van der Waals surface area contributed by atoms with E-state index < -0.39 is 5.97 Å². The first-order valence-electron chi connectivity index (χ1n) is 8.00. The highest BCUT2D eigenvalue weighted by atomic mass is 16.4. The highest BCUT2D eigenvalue weighted by Crippen LogP contribution is 2.45. The molecule has 23 heavy (non-hydrogen) atoms. The molecule has 1 saturated heterocycles. The maximum Gasteiger partial charge on any atom is 0.339 e. The van der Waals surface area contributed by atoms with Gasteiger partial charge in [-0.05, 0) is 43.7 Å². The van der Waals surface area contributed by atoms with Crippen LogP contribution in [0.5, 0.6) is 0 Å². The van der Waals surface area contributed by atoms with Gasteiger partial charge in [0.25, 0.3) is 0 Å². The number of hydrogen-bond donors (Lipinski definition) is 1. The predicted molar refractivity (Wildman–Crippen MR) is 85.8 cm³/mol. The zero-order valence-corrected chi connectivity index (χ0v) is 13.4. The summed E-state index contributed by atoms with van der Waals surface area (Å²) >= 11 is 0. The van der Waals surface area contributed by atoms with Gasteiger partial charge in [-0.25, -0.2) is 9.78 Å². The number of piperidine rings is 1. The van der Waals surface area contributed by atoms with Crippen LogP contribution in [0.4, 0.5) is 5.82 Å². The van der Waals surface area contributed by atoms with Gasteiger partial charge in [-0.3, -0.25) is 4.68 Å². The van der Waals surface area contributed by atoms with E-state index in [0.29, 0.717) is 12.2 Å². The van der Waals surface area contributed by atoms with E-state index in [9.17, 15) is 4.79 Å². The number of hydrogen-bond acceptors (Lipinski definition) is 4. The van der Waals surface area contributed by atoms with Crippen molar-refractivity contribution < 1.29 is 9.90 Å². The molecule has 1 N–H and O–H groups in total. The van der Waals surface area contributed by atoms with Gasteiger partial charge < -0.3 is 10.0 Å². The van der Waals surface area contributed by atoms with Crippen molar-refractivity contribution in [3.63, 3.8) is 0 Å². The zero-order valence-electron chi connectivity index (χ0n) is 13.4. The van der Waals surface area contributed by atoms with E-state index in [1.54, 1.807) is 17.8 Å². The summed E-state index contributed by atoms with van der Waals surface area (Å²) < 4.78 is 1.67. The first kappa shape index (κ1) is 14.2. The van der Waals surface area contributed by atoms with Crippen LogP contribution in [0.1, 0.15) is 33.7 Å². The van der Waals surface area contributed by atoms with Gasteiger partial charge in [-0.15, -0.1) is 0 Å². The topological polar surface area (TPSA) is 71.2 Å². The molecule has 1 aliphatic carbocycles. The van der Waals surface area contributed by atoms with Gasteiger partial charge >= 0.3 is 5.97 Å². The molecular weight excluding hydrogens is 292 g/mol. The molecule has 120 valence electrons. The highest BCUT2D eigenvalue weighted by molar-refractivity contribution is 5.88. The molecule has 4 rings (SSSR count). The van der Waals surface area contributed by atoms with Crippen molar-refractivity contribution in [2.24, 2.45) is 11.8 Å². The van der Waals surface area contributed by atoms with E-state index in [0.717, 1.165) is 42.0 Å². The first-order valence-corrected chi connectivity index (χ1v) is 8.00. The predicted octanol–water partition coefficient (Wildman–Crippen LogP) is 2.10. The van der Waals surface area contributed by atoms with Crippen molar-refractivity contribution in [1.82, 2.24) is 14.8 Å². The van der Waals surface area contributed by atoms with Gasteiger partial charge in [0.1, 0.15) is 11.4 Å². The smallest absolute Gasteiger partial charge is 0.339 e. The monoisotopic (exact) mass is 312 g/mol. The number of aromatic nitrogens is 3. The molecule has 0 radical (unpaired) electrons. The highest BCUT2D eigenvalue weighted by Gasteiger charge is 2.45. The summed E-state index contributed by atoms with van der Waals surface area (Å²) in [4.78, 5) is 18.2. The molecule has 0 spiro atoms. The number of anilines is 1. The molecule has 2 fully saturated rings. The fourth-order valence-electron chi connectivity index (χ4n) is 3.49. The standard InChI is InChI=1S/C17H20N4O2/c1-10-12(8-21-9-15(17(22)23)11(2)19-21)3-4-16(18-10)20-6-13-5-14(13)7-20/h3-4,9,13-14H,5-8H2,1-2H3,(H,22,23). The van der Waals surface area contributed by atoms with Gasteiger partial charge in [0.15, 0.2) is 0 Å². The zero-order chi connectivity index (χ0) is 16.1. The number of carboxylic acid groups (broad SMARTS) is 1. The van der Waals surface area contributed by atoms with Crippen LogP contribution in [0, 0.1) is 25.7 Å². The number of fused-ring (bicyclic) bond motifs is 1. The Morgan fingerprint density at radius 2 is 2.00 bits per heavy atom. The minimum atomic E-state index is -0.938. The number of pyridine rings is 1. The lowest BCUT2D eigenvalue weighted by Crippen LogP contribution is -2.23. The maximum atomic E-state index is 11.1. The number of aryl methyl sites for hydroxylation is 2. The largest absolute Gasteiger partial charge is 0.478 e. The van der Waals surface area contributed by atoms with Crippen LogP contribution in [-0.4, -0.2) is 38.9 Å². The number of carboxylic acids is 1. The molecule has 2 aromatic rings. The lowest BCUT2D eigenvalue weighted by Gasteiger charge is -2.20. The fraction of sp³-hybridized carbons (Fsp3) is 0.471. The molecule has 2 atom stereocenters. The molecule has 1 aliphatic heterocycles. The van der Waals surface area contributed by atoms with Crippen LogP contribution >= 0.6 is 0 Å². The van der Waals surface area contributed by atoms with Crippen molar-refractivity contribution in [2.75, 3.05) is 18.0 Å². The normalized spacial score (nSPS) is 22.3. The quantitative estimate of drug-likeness (QED) is 0.936. The van der Waals surface area contributed by atoms with E-state index >= 15 is 0 Å². The van der Waals surface area contributed by atoms with Crippen LogP contribution in [0.3, 0.4) is 0 Å². The summed E-state index contributed by atoms with van der Waals surface area (Å²) in [6, 6.07) is 4.15. The fourth-order valence-corrected chi connectivity index (χ4v) is 3.49. The molecule has 0 aromatic carbocycles. The molecule has 2 unspecified atom stereocenters. The summed E-state index contributed by atoms with van der Waals surface area (Å²) in [7, 11) is 0. The second-order valence-corrected chi connectivity index (χ2v) is 6.71. The molecule has 0 bridgehead atoms. The van der Waals surface area contributed by atoms with Gasteiger partial charge in [-0.2, -0.15) is 5.10 Å². The minimum Gasteiger partial charge on any atom is -0.478 e. The van der Waals surface area contributed by atoms with Crippen LogP contribution in [0.2, 0.25) is 0 Å². The lowest BCUT2D eigenvalue weighted by atomic mass is 10.2. The van der Waals surface area contributed by atoms with Gasteiger partial charge in [-0.1, -0.05) is 6.07 Å². The Balaban J connectivity index is 1.53. The average molecular weight is 312 g/mol. The number of aromatic carboxylic acids is 1. The molecule has 0 amide bonds. The molecule has 1 saturated carbocycles. The van der Waals surface area contributed by atoms with Crippen molar-refractivity contribution in [3.8, 4) is 0 Å². The Morgan fingerprint density at radius 3 is 2.61 bits per heavy atom. The summed E-state index contributed by atoms with van der Waals surface area (Å²) in [6.45, 7) is 6.53. The molecule has 6 heteroatoms. The van der Waals surface area contributed by atoms with Gasteiger partial charge in [0.2, 0.25) is 0 Å². The van der Waals surface area contributed by atoms with E-state index in [1.165, 1.54) is 6.42 Å². The Hall–Kier alpha value is -2.37. The van der Waals surface area contributed by atoms with E-state index in [4.69, 9.17) is 10.1 Å². The van der Waals surface area contributed by atoms with Gasteiger partial charge in [0, 0.05) is 25.0 Å². The third kappa shape index (κ3) is 2.58. The Labute approximate surface area is 134 Å². The molecule has 2 aliphatic rings. The number of carbonyl (C=O) groups is 1. The summed E-state index contributed by atoms with van der Waals surface area (Å²) in [5.74, 6) is 1.89. The third-order valence-electron chi connectivity index (χ3n) is 4.99. The van der Waals surface area contributed by atoms with Crippen molar-refractivity contribution in [3.05, 3.63) is 40.8 Å². The summed E-state index contributed by atoms with van der Waals surface area (Å²) in [6.07, 6.45) is 2.97. The number of rotatable bonds is 4. The van der Waals surface area contributed by atoms with Crippen molar-refractivity contribution in [1.29, 1.82) is 0 Å². The lowest BCUT2D eigenvalue weighted by molar-refractivity contribution is 0.0696. The van der Waals surface area contributed by atoms with E-state index in [2.05, 4.69) is 22.1 Å². The maximum absolute atomic E-state index is 11.1.